The van der Waals surface area contributed by atoms with Crippen molar-refractivity contribution in [3.63, 3.8) is 0 Å². The third-order valence-corrected chi connectivity index (χ3v) is 6.81. The minimum absolute atomic E-state index is 0.108. The highest BCUT2D eigenvalue weighted by atomic mass is 35.5. The maximum atomic E-state index is 13.1. The molecule has 11 heteroatoms. The number of amides is 2. The number of imidazole rings is 1. The van der Waals surface area contributed by atoms with Gasteiger partial charge in [-0.3, -0.25) is 19.7 Å². The Morgan fingerprint density at radius 3 is 2.87 bits per heavy atom. The largest absolute Gasteiger partial charge is 0.486 e. The number of carbonyl (C=O) groups is 2. The van der Waals surface area contributed by atoms with Crippen LogP contribution in [0.2, 0.25) is 5.02 Å². The first-order chi connectivity index (χ1) is 18.4. The number of rotatable bonds is 11. The molecule has 202 valence electrons. The first kappa shape index (κ1) is 27.4. The van der Waals surface area contributed by atoms with Gasteiger partial charge < -0.3 is 23.9 Å². The second-order valence-corrected chi connectivity index (χ2v) is 9.48. The number of hydrogen-bond donors (Lipinski definition) is 2. The number of aromatic nitrogens is 3. The molecule has 3 aromatic rings. The molecule has 38 heavy (non-hydrogen) atoms. The maximum absolute atomic E-state index is 13.1. The van der Waals surface area contributed by atoms with Gasteiger partial charge in [0.1, 0.15) is 16.9 Å². The van der Waals surface area contributed by atoms with Gasteiger partial charge in [-0.2, -0.15) is 0 Å². The van der Waals surface area contributed by atoms with Gasteiger partial charge in [0.25, 0.3) is 5.91 Å². The monoisotopic (exact) mass is 541 g/mol. The Kier molecular flexibility index (Phi) is 8.85. The molecule has 2 N–H and O–H groups in total. The van der Waals surface area contributed by atoms with Crippen LogP contribution in [0.15, 0.2) is 47.9 Å². The lowest BCUT2D eigenvalue weighted by Crippen LogP contribution is -2.36. The van der Waals surface area contributed by atoms with E-state index in [4.69, 9.17) is 21.1 Å². The van der Waals surface area contributed by atoms with Gasteiger partial charge in [-0.15, -0.1) is 0 Å². The third-order valence-electron chi connectivity index (χ3n) is 6.45. The minimum atomic E-state index is -0.495. The molecule has 1 saturated heterocycles. The van der Waals surface area contributed by atoms with E-state index in [0.717, 1.165) is 12.8 Å². The van der Waals surface area contributed by atoms with Crippen LogP contribution in [-0.2, 0) is 9.53 Å². The second-order valence-electron chi connectivity index (χ2n) is 9.10. The average Bonchev–Trinajstić information content (AvgIpc) is 3.56. The van der Waals surface area contributed by atoms with Gasteiger partial charge in [-0.1, -0.05) is 32.0 Å². The second kappa shape index (κ2) is 12.3. The molecule has 0 bridgehead atoms. The van der Waals surface area contributed by atoms with Crippen LogP contribution in [0.4, 0.5) is 5.95 Å². The predicted molar refractivity (Wildman–Crippen MR) is 146 cm³/mol. The number of H-pyrrole nitrogens is 1. The predicted octanol–water partition coefficient (Wildman–Crippen LogP) is 4.17. The van der Waals surface area contributed by atoms with E-state index in [1.807, 2.05) is 18.4 Å². The Labute approximate surface area is 225 Å². The van der Waals surface area contributed by atoms with E-state index in [-0.39, 0.29) is 29.6 Å². The van der Waals surface area contributed by atoms with Crippen molar-refractivity contribution in [1.82, 2.24) is 19.4 Å². The fourth-order valence-electron chi connectivity index (χ4n) is 4.55. The quantitative estimate of drug-likeness (QED) is 0.352. The average molecular weight is 542 g/mol. The van der Waals surface area contributed by atoms with Crippen molar-refractivity contribution in [2.75, 3.05) is 31.6 Å². The molecule has 1 aliphatic heterocycles. The van der Waals surface area contributed by atoms with Crippen molar-refractivity contribution >= 4 is 40.4 Å². The molecule has 1 aromatic carbocycles. The zero-order valence-corrected chi connectivity index (χ0v) is 22.3. The summed E-state index contributed by atoms with van der Waals surface area (Å²) in [5.74, 6) is 0.0690. The van der Waals surface area contributed by atoms with Crippen LogP contribution in [0.25, 0.3) is 11.0 Å². The summed E-state index contributed by atoms with van der Waals surface area (Å²) in [6.45, 7) is 9.64. The summed E-state index contributed by atoms with van der Waals surface area (Å²) in [7, 11) is 0. The lowest BCUT2D eigenvalue weighted by atomic mass is 10.1. The van der Waals surface area contributed by atoms with Gasteiger partial charge in [-0.25, -0.2) is 4.98 Å². The number of benzene rings is 1. The number of pyridine rings is 1. The molecule has 0 aliphatic carbocycles. The molecule has 1 fully saturated rings. The lowest BCUT2D eigenvalue weighted by molar-refractivity contribution is -0.126. The SMILES string of the molecule is C=CC(=O)N(CCC)C[C@@H](CC)n1c(NC(=O)c2cc[nH]c(=O)c2)nc2ccc(O[C@H]3CCOC3)c(Cl)c21. The number of aromatic amines is 1. The van der Waals surface area contributed by atoms with E-state index in [9.17, 15) is 14.4 Å². The molecule has 0 radical (unpaired) electrons. The van der Waals surface area contributed by atoms with E-state index >= 15 is 0 Å². The van der Waals surface area contributed by atoms with Crippen LogP contribution >= 0.6 is 11.6 Å². The smallest absolute Gasteiger partial charge is 0.258 e. The summed E-state index contributed by atoms with van der Waals surface area (Å²) < 4.78 is 13.4. The first-order valence-electron chi connectivity index (χ1n) is 12.7. The summed E-state index contributed by atoms with van der Waals surface area (Å²) in [6, 6.07) is 5.99. The van der Waals surface area contributed by atoms with Gasteiger partial charge in [0.05, 0.1) is 30.3 Å². The summed E-state index contributed by atoms with van der Waals surface area (Å²) in [4.78, 5) is 46.4. The van der Waals surface area contributed by atoms with E-state index in [2.05, 4.69) is 21.9 Å². The van der Waals surface area contributed by atoms with E-state index in [1.165, 1.54) is 24.4 Å². The van der Waals surface area contributed by atoms with Crippen molar-refractivity contribution in [3.05, 3.63) is 64.1 Å². The topological polar surface area (TPSA) is 119 Å². The summed E-state index contributed by atoms with van der Waals surface area (Å²) in [5.41, 5.74) is 0.933. The number of carbonyl (C=O) groups excluding carboxylic acids is 2. The maximum Gasteiger partial charge on any atom is 0.258 e. The van der Waals surface area contributed by atoms with Crippen LogP contribution in [0, 0.1) is 0 Å². The molecule has 0 spiro atoms. The molecule has 4 rings (SSSR count). The van der Waals surface area contributed by atoms with Crippen molar-refractivity contribution < 1.29 is 19.1 Å². The normalized spacial score (nSPS) is 15.8. The highest BCUT2D eigenvalue weighted by Crippen LogP contribution is 2.38. The fourth-order valence-corrected chi connectivity index (χ4v) is 4.84. The summed E-state index contributed by atoms with van der Waals surface area (Å²) in [5, 5.41) is 3.20. The fraction of sp³-hybridized carbons (Fsp3) is 0.407. The minimum Gasteiger partial charge on any atom is -0.486 e. The van der Waals surface area contributed by atoms with Gasteiger partial charge in [0.2, 0.25) is 17.4 Å². The highest BCUT2D eigenvalue weighted by Gasteiger charge is 2.27. The Balaban J connectivity index is 1.80. The Hall–Kier alpha value is -3.63. The zero-order valence-electron chi connectivity index (χ0n) is 21.5. The van der Waals surface area contributed by atoms with E-state index in [1.54, 1.807) is 17.0 Å². The number of nitrogens with one attached hydrogen (secondary N) is 2. The molecule has 2 atom stereocenters. The lowest BCUT2D eigenvalue weighted by Gasteiger charge is -2.28. The number of hydrogen-bond acceptors (Lipinski definition) is 6. The van der Waals surface area contributed by atoms with Gasteiger partial charge in [0, 0.05) is 37.3 Å². The highest BCUT2D eigenvalue weighted by molar-refractivity contribution is 6.36. The Bertz CT molecular complexity index is 1380. The van der Waals surface area contributed by atoms with Crippen LogP contribution in [0.3, 0.4) is 0 Å². The number of ether oxygens (including phenoxy) is 2. The molecule has 1 aliphatic rings. The van der Waals surface area contributed by atoms with Gasteiger partial charge in [0.15, 0.2) is 0 Å². The molecular formula is C27H32ClN5O5. The van der Waals surface area contributed by atoms with Crippen LogP contribution in [0.1, 0.15) is 49.5 Å². The molecule has 0 saturated carbocycles. The Morgan fingerprint density at radius 2 is 2.21 bits per heavy atom. The molecule has 0 unspecified atom stereocenters. The van der Waals surface area contributed by atoms with Gasteiger partial charge >= 0.3 is 0 Å². The van der Waals surface area contributed by atoms with Crippen molar-refractivity contribution in [2.24, 2.45) is 0 Å². The number of fused-ring (bicyclic) bond motifs is 1. The standard InChI is InChI=1S/C27H32ClN5O5/c1-4-12-32(23(35)6-3)15-18(5-2)33-25-20(7-8-21(24(25)28)38-19-10-13-37-16-19)30-27(33)31-26(36)17-9-11-29-22(34)14-17/h6-9,11,14,18-19H,3-5,10,12-13,15-16H2,1-2H3,(H,29,34)(H,30,31,36)/t18-,19+/m1/s1. The Morgan fingerprint density at radius 1 is 1.39 bits per heavy atom. The van der Waals surface area contributed by atoms with Crippen LogP contribution in [-0.4, -0.2) is 63.7 Å². The summed E-state index contributed by atoms with van der Waals surface area (Å²) >= 11 is 6.92. The first-order valence-corrected chi connectivity index (χ1v) is 13.1. The number of nitrogens with zero attached hydrogens (tertiary/aromatic N) is 3. The molecule has 3 heterocycles. The van der Waals surface area contributed by atoms with Crippen LogP contribution < -0.4 is 15.6 Å². The third kappa shape index (κ3) is 5.92. The van der Waals surface area contributed by atoms with Crippen molar-refractivity contribution in [1.29, 1.82) is 0 Å². The van der Waals surface area contributed by atoms with Crippen molar-refractivity contribution in [2.45, 2.75) is 45.3 Å². The number of anilines is 1. The molecule has 10 nitrogen and oxygen atoms in total. The summed E-state index contributed by atoms with van der Waals surface area (Å²) in [6.07, 6.45) is 4.75. The van der Waals surface area contributed by atoms with Gasteiger partial charge in [-0.05, 0) is 37.1 Å². The molecule has 2 amide bonds. The molecule has 2 aromatic heterocycles. The number of halogens is 1. The zero-order chi connectivity index (χ0) is 27.2. The van der Waals surface area contributed by atoms with Crippen molar-refractivity contribution in [3.8, 4) is 5.75 Å². The van der Waals surface area contributed by atoms with E-state index in [0.29, 0.717) is 54.5 Å². The molecular weight excluding hydrogens is 510 g/mol. The van der Waals surface area contributed by atoms with E-state index < -0.39 is 11.5 Å². The van der Waals surface area contributed by atoms with Crippen LogP contribution in [0.5, 0.6) is 5.75 Å².